The number of aromatic hydroxyl groups is 1. The Bertz CT molecular complexity index is 473. The maximum absolute atomic E-state index is 10.9. The molecule has 0 fully saturated rings. The number of carbonyl (C=O) groups excluding carboxylic acids is 1. The van der Waals surface area contributed by atoms with E-state index in [-0.39, 0.29) is 5.75 Å². The molecule has 1 heterocycles. The Morgan fingerprint density at radius 2 is 2.15 bits per heavy atom. The number of hydrogen-bond donors (Lipinski definition) is 2. The second kappa shape index (κ2) is 2.52. The van der Waals surface area contributed by atoms with Crippen molar-refractivity contribution < 1.29 is 9.90 Å². The van der Waals surface area contributed by atoms with E-state index in [9.17, 15) is 4.79 Å². The summed E-state index contributed by atoms with van der Waals surface area (Å²) in [6.45, 7) is 0. The lowest BCUT2D eigenvalue weighted by Gasteiger charge is -1.98. The molecule has 3 N–H and O–H groups in total. The molecule has 0 saturated carbocycles. The molecule has 66 valence electrons. The number of hydrogen-bond acceptors (Lipinski definition) is 2. The van der Waals surface area contributed by atoms with Gasteiger partial charge in [0.05, 0.1) is 5.52 Å². The second-order valence-electron chi connectivity index (χ2n) is 2.77. The topological polar surface area (TPSA) is 68.2 Å². The summed E-state index contributed by atoms with van der Waals surface area (Å²) in [6, 6.07) is 5.94. The van der Waals surface area contributed by atoms with Crippen LogP contribution in [0.4, 0.5) is 4.79 Å². The van der Waals surface area contributed by atoms with Crippen LogP contribution in [0.1, 0.15) is 0 Å². The molecule has 1 aromatic heterocycles. The highest BCUT2D eigenvalue weighted by Gasteiger charge is 2.04. The van der Waals surface area contributed by atoms with E-state index in [1.807, 2.05) is 0 Å². The molecule has 4 nitrogen and oxygen atoms in total. The standard InChI is InChI=1S/C9H8N2O2/c10-9(13)11-4-3-6-5-7(12)1-2-8(6)11/h1-5,12H,(H2,10,13). The molecular formula is C9H8N2O2. The molecule has 0 aliphatic rings. The fourth-order valence-corrected chi connectivity index (χ4v) is 1.32. The van der Waals surface area contributed by atoms with E-state index in [1.54, 1.807) is 24.4 Å². The summed E-state index contributed by atoms with van der Waals surface area (Å²) in [5.41, 5.74) is 5.82. The molecule has 2 aromatic rings. The molecule has 13 heavy (non-hydrogen) atoms. The van der Waals surface area contributed by atoms with Crippen LogP contribution in [0, 0.1) is 0 Å². The third-order valence-corrected chi connectivity index (χ3v) is 1.91. The van der Waals surface area contributed by atoms with Gasteiger partial charge in [-0.3, -0.25) is 4.57 Å². The average molecular weight is 176 g/mol. The molecule has 1 amide bonds. The van der Waals surface area contributed by atoms with Crippen LogP contribution in [0.5, 0.6) is 5.75 Å². The van der Waals surface area contributed by atoms with Gasteiger partial charge in [0.2, 0.25) is 0 Å². The Hall–Kier alpha value is -1.97. The smallest absolute Gasteiger partial charge is 0.323 e. The molecule has 0 aliphatic heterocycles. The molecule has 4 heteroatoms. The predicted molar refractivity (Wildman–Crippen MR) is 48.6 cm³/mol. The Kier molecular flexibility index (Phi) is 1.48. The summed E-state index contributed by atoms with van der Waals surface area (Å²) >= 11 is 0. The number of nitrogens with zero attached hydrogens (tertiary/aromatic N) is 1. The van der Waals surface area contributed by atoms with Crippen LogP contribution < -0.4 is 5.73 Å². The monoisotopic (exact) mass is 176 g/mol. The minimum absolute atomic E-state index is 0.176. The number of rotatable bonds is 0. The lowest BCUT2D eigenvalue weighted by molar-refractivity contribution is 0.251. The zero-order valence-corrected chi connectivity index (χ0v) is 6.77. The molecule has 0 unspecified atom stereocenters. The Labute approximate surface area is 74.2 Å². The Balaban J connectivity index is 2.76. The van der Waals surface area contributed by atoms with Gasteiger partial charge in [0.25, 0.3) is 0 Å². The van der Waals surface area contributed by atoms with Crippen LogP contribution in [0.3, 0.4) is 0 Å². The average Bonchev–Trinajstić information content (AvgIpc) is 2.46. The van der Waals surface area contributed by atoms with Crippen molar-refractivity contribution in [1.82, 2.24) is 4.57 Å². The van der Waals surface area contributed by atoms with Gasteiger partial charge in [-0.2, -0.15) is 0 Å². The van der Waals surface area contributed by atoms with Gasteiger partial charge in [0.15, 0.2) is 0 Å². The van der Waals surface area contributed by atoms with Gasteiger partial charge >= 0.3 is 6.03 Å². The molecule has 0 aliphatic carbocycles. The van der Waals surface area contributed by atoms with E-state index < -0.39 is 6.03 Å². The number of nitrogens with two attached hydrogens (primary N) is 1. The van der Waals surface area contributed by atoms with E-state index >= 15 is 0 Å². The molecule has 2 rings (SSSR count). The molecule has 0 spiro atoms. The van der Waals surface area contributed by atoms with E-state index in [1.165, 1.54) is 10.6 Å². The molecule has 0 saturated heterocycles. The first-order valence-corrected chi connectivity index (χ1v) is 3.78. The quantitative estimate of drug-likeness (QED) is 0.634. The summed E-state index contributed by atoms with van der Waals surface area (Å²) in [5, 5.41) is 9.94. The number of phenols is 1. The van der Waals surface area contributed by atoms with Gasteiger partial charge in [-0.15, -0.1) is 0 Å². The molecule has 0 bridgehead atoms. The molecular weight excluding hydrogens is 168 g/mol. The highest BCUT2D eigenvalue weighted by atomic mass is 16.3. The summed E-state index contributed by atoms with van der Waals surface area (Å²) < 4.78 is 1.33. The van der Waals surface area contributed by atoms with E-state index in [0.29, 0.717) is 5.52 Å². The van der Waals surface area contributed by atoms with Crippen LogP contribution in [0.25, 0.3) is 10.9 Å². The van der Waals surface area contributed by atoms with Gasteiger partial charge in [-0.05, 0) is 24.3 Å². The number of primary amides is 1. The maximum atomic E-state index is 10.9. The van der Waals surface area contributed by atoms with Crippen LogP contribution in [-0.4, -0.2) is 15.7 Å². The number of phenolic OH excluding ortho intramolecular Hbond substituents is 1. The van der Waals surface area contributed by atoms with Crippen LogP contribution >= 0.6 is 0 Å². The van der Waals surface area contributed by atoms with Crippen LogP contribution in [0.2, 0.25) is 0 Å². The number of fused-ring (bicyclic) bond motifs is 1. The lowest BCUT2D eigenvalue weighted by Crippen LogP contribution is -2.17. The number of aromatic nitrogens is 1. The van der Waals surface area contributed by atoms with Crippen molar-refractivity contribution in [2.24, 2.45) is 5.73 Å². The summed E-state index contributed by atoms with van der Waals surface area (Å²) in [4.78, 5) is 10.9. The normalized spacial score (nSPS) is 10.5. The highest BCUT2D eigenvalue weighted by molar-refractivity contribution is 5.91. The fourth-order valence-electron chi connectivity index (χ4n) is 1.32. The van der Waals surface area contributed by atoms with Gasteiger partial charge in [-0.1, -0.05) is 0 Å². The number of benzene rings is 1. The van der Waals surface area contributed by atoms with Gasteiger partial charge in [0, 0.05) is 11.6 Å². The van der Waals surface area contributed by atoms with Crippen molar-refractivity contribution in [2.45, 2.75) is 0 Å². The molecule has 0 atom stereocenters. The van der Waals surface area contributed by atoms with Crippen molar-refractivity contribution in [3.8, 4) is 5.75 Å². The van der Waals surface area contributed by atoms with Gasteiger partial charge < -0.3 is 10.8 Å². The molecule has 1 aromatic carbocycles. The fraction of sp³-hybridized carbons (Fsp3) is 0. The molecule has 0 radical (unpaired) electrons. The summed E-state index contributed by atoms with van der Waals surface area (Å²) in [5.74, 6) is 0.176. The zero-order chi connectivity index (χ0) is 9.42. The predicted octanol–water partition coefficient (Wildman–Crippen LogP) is 1.27. The first-order valence-electron chi connectivity index (χ1n) is 3.78. The number of carbonyl (C=O) groups is 1. The summed E-state index contributed by atoms with van der Waals surface area (Å²) in [7, 11) is 0. The van der Waals surface area contributed by atoms with Crippen LogP contribution in [-0.2, 0) is 0 Å². The SMILES string of the molecule is NC(=O)n1ccc2cc(O)ccc21. The van der Waals surface area contributed by atoms with Crippen molar-refractivity contribution in [3.05, 3.63) is 30.5 Å². The second-order valence-corrected chi connectivity index (χ2v) is 2.77. The van der Waals surface area contributed by atoms with Gasteiger partial charge in [-0.25, -0.2) is 4.79 Å². The third kappa shape index (κ3) is 1.12. The van der Waals surface area contributed by atoms with Gasteiger partial charge in [0.1, 0.15) is 5.75 Å². The first kappa shape index (κ1) is 7.67. The minimum atomic E-state index is -0.527. The Morgan fingerprint density at radius 1 is 1.38 bits per heavy atom. The van der Waals surface area contributed by atoms with Crippen LogP contribution in [0.15, 0.2) is 30.5 Å². The third-order valence-electron chi connectivity index (χ3n) is 1.91. The lowest BCUT2D eigenvalue weighted by atomic mass is 10.2. The maximum Gasteiger partial charge on any atom is 0.323 e. The van der Waals surface area contributed by atoms with Crippen molar-refractivity contribution >= 4 is 16.9 Å². The Morgan fingerprint density at radius 3 is 2.85 bits per heavy atom. The summed E-state index contributed by atoms with van der Waals surface area (Å²) in [6.07, 6.45) is 1.58. The number of amides is 1. The first-order chi connectivity index (χ1) is 6.18. The largest absolute Gasteiger partial charge is 0.508 e. The minimum Gasteiger partial charge on any atom is -0.508 e. The van der Waals surface area contributed by atoms with E-state index in [2.05, 4.69) is 0 Å². The van der Waals surface area contributed by atoms with Crippen molar-refractivity contribution in [3.63, 3.8) is 0 Å². The zero-order valence-electron chi connectivity index (χ0n) is 6.77. The van der Waals surface area contributed by atoms with E-state index in [0.717, 1.165) is 5.39 Å². The highest BCUT2D eigenvalue weighted by Crippen LogP contribution is 2.20. The van der Waals surface area contributed by atoms with Crippen molar-refractivity contribution in [1.29, 1.82) is 0 Å². The van der Waals surface area contributed by atoms with Crippen molar-refractivity contribution in [2.75, 3.05) is 0 Å². The van der Waals surface area contributed by atoms with E-state index in [4.69, 9.17) is 10.8 Å².